The maximum absolute atomic E-state index is 6.12. The van der Waals surface area contributed by atoms with Crippen molar-refractivity contribution in [2.75, 3.05) is 12.4 Å². The SMILES string of the molecule is CO[C@H]1C[C@@H](Nc2ncc3c(-c4ccc5ncc(Cl)n5n4)c[nH]c3n2)C1. The number of nitrogens with zero attached hydrogens (tertiary/aromatic N) is 5. The number of rotatable bonds is 4. The molecular weight excluding hydrogens is 354 g/mol. The lowest BCUT2D eigenvalue weighted by Gasteiger charge is -2.34. The zero-order valence-electron chi connectivity index (χ0n) is 14.0. The predicted octanol–water partition coefficient (Wildman–Crippen LogP) is 2.91. The van der Waals surface area contributed by atoms with E-state index in [0.717, 1.165) is 35.1 Å². The number of anilines is 1. The standard InChI is InChI=1S/C17H16ClN7O/c1-26-10-4-9(5-10)22-17-21-7-12-11(6-20-16(12)23-17)13-2-3-15-19-8-14(18)25(15)24-13/h2-3,6-10H,4-5H2,1H3,(H2,20,21,22,23)/t9-,10+. The third kappa shape index (κ3) is 2.49. The van der Waals surface area contributed by atoms with Crippen LogP contribution in [0.15, 0.2) is 30.7 Å². The van der Waals surface area contributed by atoms with Crippen LogP contribution in [0.3, 0.4) is 0 Å². The first-order valence-corrected chi connectivity index (χ1v) is 8.73. The van der Waals surface area contributed by atoms with Gasteiger partial charge in [0.05, 0.1) is 18.0 Å². The second-order valence-electron chi connectivity index (χ2n) is 6.40. The quantitative estimate of drug-likeness (QED) is 0.574. The minimum Gasteiger partial charge on any atom is -0.381 e. The number of fused-ring (bicyclic) bond motifs is 2. The summed E-state index contributed by atoms with van der Waals surface area (Å²) in [7, 11) is 1.74. The molecule has 1 aliphatic carbocycles. The number of H-pyrrole nitrogens is 1. The molecule has 5 rings (SSSR count). The molecule has 1 saturated carbocycles. The van der Waals surface area contributed by atoms with Crippen LogP contribution in [0.1, 0.15) is 12.8 Å². The van der Waals surface area contributed by atoms with E-state index in [4.69, 9.17) is 16.3 Å². The molecule has 0 aliphatic heterocycles. The second kappa shape index (κ2) is 5.93. The van der Waals surface area contributed by atoms with Crippen LogP contribution in [-0.2, 0) is 4.74 Å². The molecule has 0 radical (unpaired) electrons. The van der Waals surface area contributed by atoms with Crippen molar-refractivity contribution in [3.8, 4) is 11.3 Å². The highest BCUT2D eigenvalue weighted by atomic mass is 35.5. The third-order valence-electron chi connectivity index (χ3n) is 4.79. The third-order valence-corrected chi connectivity index (χ3v) is 5.05. The number of imidazole rings is 1. The molecule has 0 saturated heterocycles. The van der Waals surface area contributed by atoms with Crippen LogP contribution < -0.4 is 5.32 Å². The van der Waals surface area contributed by atoms with Crippen molar-refractivity contribution < 1.29 is 4.74 Å². The smallest absolute Gasteiger partial charge is 0.224 e. The number of halogens is 1. The van der Waals surface area contributed by atoms with E-state index >= 15 is 0 Å². The van der Waals surface area contributed by atoms with Crippen LogP contribution in [0.5, 0.6) is 0 Å². The van der Waals surface area contributed by atoms with Crippen LogP contribution >= 0.6 is 11.6 Å². The Labute approximate surface area is 153 Å². The molecule has 9 heteroatoms. The van der Waals surface area contributed by atoms with Crippen LogP contribution in [0.2, 0.25) is 5.15 Å². The van der Waals surface area contributed by atoms with Crippen LogP contribution in [0, 0.1) is 0 Å². The molecule has 0 unspecified atom stereocenters. The summed E-state index contributed by atoms with van der Waals surface area (Å²) in [5, 5.41) is 9.28. The maximum atomic E-state index is 6.12. The Kier molecular flexibility index (Phi) is 3.54. The van der Waals surface area contributed by atoms with Crippen molar-refractivity contribution in [1.29, 1.82) is 0 Å². The first kappa shape index (κ1) is 15.5. The topological polar surface area (TPSA) is 93.0 Å². The van der Waals surface area contributed by atoms with Crippen molar-refractivity contribution in [1.82, 2.24) is 29.5 Å². The van der Waals surface area contributed by atoms with Crippen molar-refractivity contribution in [2.45, 2.75) is 25.0 Å². The van der Waals surface area contributed by atoms with E-state index in [1.807, 2.05) is 24.5 Å². The van der Waals surface area contributed by atoms with Gasteiger partial charge >= 0.3 is 0 Å². The fourth-order valence-electron chi connectivity index (χ4n) is 3.24. The van der Waals surface area contributed by atoms with Gasteiger partial charge in [-0.1, -0.05) is 11.6 Å². The molecule has 0 spiro atoms. The van der Waals surface area contributed by atoms with Crippen molar-refractivity contribution >= 4 is 34.2 Å². The van der Waals surface area contributed by atoms with E-state index in [0.29, 0.717) is 28.9 Å². The largest absolute Gasteiger partial charge is 0.381 e. The van der Waals surface area contributed by atoms with Gasteiger partial charge in [-0.15, -0.1) is 0 Å². The van der Waals surface area contributed by atoms with E-state index in [1.165, 1.54) is 0 Å². The average molecular weight is 370 g/mol. The van der Waals surface area contributed by atoms with Gasteiger partial charge < -0.3 is 15.0 Å². The van der Waals surface area contributed by atoms with E-state index in [2.05, 4.69) is 30.4 Å². The van der Waals surface area contributed by atoms with Gasteiger partial charge in [0.15, 0.2) is 10.8 Å². The minimum absolute atomic E-state index is 0.337. The molecule has 0 amide bonds. The first-order chi connectivity index (χ1) is 12.7. The predicted molar refractivity (Wildman–Crippen MR) is 98.3 cm³/mol. The highest BCUT2D eigenvalue weighted by molar-refractivity contribution is 6.29. The Morgan fingerprint density at radius 3 is 3.00 bits per heavy atom. The molecule has 132 valence electrons. The molecular formula is C17H16ClN7O. The van der Waals surface area contributed by atoms with Gasteiger partial charge in [0.2, 0.25) is 5.95 Å². The summed E-state index contributed by atoms with van der Waals surface area (Å²) < 4.78 is 6.91. The number of ether oxygens (including phenoxy) is 1. The van der Waals surface area contributed by atoms with Crippen molar-refractivity contribution in [2.24, 2.45) is 0 Å². The lowest BCUT2D eigenvalue weighted by Crippen LogP contribution is -2.40. The van der Waals surface area contributed by atoms with Gasteiger partial charge in [-0.25, -0.2) is 14.5 Å². The molecule has 0 atom stereocenters. The van der Waals surface area contributed by atoms with Crippen LogP contribution in [-0.4, -0.2) is 48.8 Å². The molecule has 4 aromatic heterocycles. The normalized spacial score (nSPS) is 19.8. The number of hydrogen-bond donors (Lipinski definition) is 2. The molecule has 1 fully saturated rings. The number of hydrogen-bond acceptors (Lipinski definition) is 6. The van der Waals surface area contributed by atoms with E-state index in [1.54, 1.807) is 17.8 Å². The van der Waals surface area contributed by atoms with Gasteiger partial charge in [0.25, 0.3) is 0 Å². The summed E-state index contributed by atoms with van der Waals surface area (Å²) in [4.78, 5) is 16.4. The summed E-state index contributed by atoms with van der Waals surface area (Å²) >= 11 is 6.12. The summed E-state index contributed by atoms with van der Waals surface area (Å²) in [5.74, 6) is 0.617. The molecule has 8 nitrogen and oxygen atoms in total. The number of nitrogens with one attached hydrogen (secondary N) is 2. The van der Waals surface area contributed by atoms with Gasteiger partial charge in [-0.3, -0.25) is 0 Å². The molecule has 26 heavy (non-hydrogen) atoms. The van der Waals surface area contributed by atoms with Gasteiger partial charge in [0.1, 0.15) is 5.65 Å². The number of aromatic amines is 1. The van der Waals surface area contributed by atoms with Gasteiger partial charge in [0, 0.05) is 36.5 Å². The Morgan fingerprint density at radius 2 is 2.15 bits per heavy atom. The Bertz CT molecular complexity index is 1100. The first-order valence-electron chi connectivity index (χ1n) is 8.35. The number of aromatic nitrogens is 6. The molecule has 0 aromatic carbocycles. The van der Waals surface area contributed by atoms with Gasteiger partial charge in [-0.05, 0) is 25.0 Å². The van der Waals surface area contributed by atoms with Crippen molar-refractivity contribution in [3.63, 3.8) is 0 Å². The molecule has 2 N–H and O–H groups in total. The van der Waals surface area contributed by atoms with Crippen molar-refractivity contribution in [3.05, 3.63) is 35.9 Å². The maximum Gasteiger partial charge on any atom is 0.224 e. The average Bonchev–Trinajstić information content (AvgIpc) is 3.21. The summed E-state index contributed by atoms with van der Waals surface area (Å²) in [6.07, 6.45) is 7.56. The van der Waals surface area contributed by atoms with E-state index < -0.39 is 0 Å². The zero-order valence-corrected chi connectivity index (χ0v) is 14.7. The summed E-state index contributed by atoms with van der Waals surface area (Å²) in [5.41, 5.74) is 3.16. The van der Waals surface area contributed by atoms with E-state index in [9.17, 15) is 0 Å². The Balaban J connectivity index is 1.46. The summed E-state index contributed by atoms with van der Waals surface area (Å²) in [6.45, 7) is 0. The molecule has 4 aromatic rings. The highest BCUT2D eigenvalue weighted by Gasteiger charge is 2.29. The van der Waals surface area contributed by atoms with Crippen LogP contribution in [0.25, 0.3) is 27.9 Å². The molecule has 0 bridgehead atoms. The monoisotopic (exact) mass is 369 g/mol. The van der Waals surface area contributed by atoms with E-state index in [-0.39, 0.29) is 0 Å². The Morgan fingerprint density at radius 1 is 1.27 bits per heavy atom. The molecule has 4 heterocycles. The lowest BCUT2D eigenvalue weighted by atomic mass is 9.89. The Hall–Kier alpha value is -2.71. The second-order valence-corrected chi connectivity index (χ2v) is 6.79. The zero-order chi connectivity index (χ0) is 17.7. The minimum atomic E-state index is 0.337. The van der Waals surface area contributed by atoms with Gasteiger partial charge in [-0.2, -0.15) is 10.1 Å². The highest BCUT2D eigenvalue weighted by Crippen LogP contribution is 2.29. The molecule has 1 aliphatic rings. The number of methoxy groups -OCH3 is 1. The fourth-order valence-corrected chi connectivity index (χ4v) is 3.41. The summed E-state index contributed by atoms with van der Waals surface area (Å²) in [6, 6.07) is 4.15. The lowest BCUT2D eigenvalue weighted by molar-refractivity contribution is 0.0327. The van der Waals surface area contributed by atoms with Crippen LogP contribution in [0.4, 0.5) is 5.95 Å². The fraction of sp³-hybridized carbons (Fsp3) is 0.294.